The van der Waals surface area contributed by atoms with Crippen LogP contribution in [0.15, 0.2) is 24.3 Å². The topological polar surface area (TPSA) is 49.4 Å². The van der Waals surface area contributed by atoms with Gasteiger partial charge in [0.1, 0.15) is 6.04 Å². The molecule has 1 saturated heterocycles. The van der Waals surface area contributed by atoms with Crippen molar-refractivity contribution in [2.24, 2.45) is 0 Å². The number of piperazine rings is 1. The van der Waals surface area contributed by atoms with E-state index in [1.54, 1.807) is 6.92 Å². The third kappa shape index (κ3) is 4.08. The lowest BCUT2D eigenvalue weighted by molar-refractivity contribution is -0.140. The van der Waals surface area contributed by atoms with Gasteiger partial charge in [0.15, 0.2) is 0 Å². The molecule has 1 unspecified atom stereocenters. The number of carbonyl (C=O) groups is 2. The maximum absolute atomic E-state index is 12.8. The van der Waals surface area contributed by atoms with Crippen LogP contribution in [0.1, 0.15) is 24.5 Å². The standard InChI is InChI=1S/C16H16ClF3N2O2/c1-2-13-15(24)21-7-8-22(13)14(23)6-4-10-3-5-12(17)11(9-10)16(18,19)20/h3-6,9,13H,2,7-8H2,1H3,(H,21,24). The van der Waals surface area contributed by atoms with E-state index in [0.29, 0.717) is 19.5 Å². The van der Waals surface area contributed by atoms with Crippen LogP contribution in [0.25, 0.3) is 6.08 Å². The van der Waals surface area contributed by atoms with Gasteiger partial charge < -0.3 is 10.2 Å². The first-order chi connectivity index (χ1) is 11.2. The second-order valence-corrected chi connectivity index (χ2v) is 5.72. The second-order valence-electron chi connectivity index (χ2n) is 5.32. The van der Waals surface area contributed by atoms with Gasteiger partial charge >= 0.3 is 6.18 Å². The summed E-state index contributed by atoms with van der Waals surface area (Å²) < 4.78 is 38.5. The van der Waals surface area contributed by atoms with E-state index < -0.39 is 28.7 Å². The smallest absolute Gasteiger partial charge is 0.353 e. The summed E-state index contributed by atoms with van der Waals surface area (Å²) >= 11 is 5.56. The first-order valence-corrected chi connectivity index (χ1v) is 7.75. The van der Waals surface area contributed by atoms with E-state index in [9.17, 15) is 22.8 Å². The molecular formula is C16H16ClF3N2O2. The highest BCUT2D eigenvalue weighted by Crippen LogP contribution is 2.35. The molecule has 1 fully saturated rings. The molecule has 2 rings (SSSR count). The predicted molar refractivity (Wildman–Crippen MR) is 84.3 cm³/mol. The Morgan fingerprint density at radius 1 is 1.46 bits per heavy atom. The number of amides is 2. The molecule has 0 radical (unpaired) electrons. The predicted octanol–water partition coefficient (Wildman–Crippen LogP) is 3.11. The van der Waals surface area contributed by atoms with E-state index in [0.717, 1.165) is 12.1 Å². The van der Waals surface area contributed by atoms with Gasteiger partial charge in [-0.25, -0.2) is 0 Å². The molecule has 0 saturated carbocycles. The van der Waals surface area contributed by atoms with Crippen molar-refractivity contribution in [1.82, 2.24) is 10.2 Å². The van der Waals surface area contributed by atoms with E-state index in [1.165, 1.54) is 23.1 Å². The van der Waals surface area contributed by atoms with Crippen LogP contribution >= 0.6 is 11.6 Å². The van der Waals surface area contributed by atoms with Crippen LogP contribution in [0.4, 0.5) is 13.2 Å². The van der Waals surface area contributed by atoms with Crippen LogP contribution in [0.2, 0.25) is 5.02 Å². The van der Waals surface area contributed by atoms with Crippen LogP contribution in [0, 0.1) is 0 Å². The molecule has 0 bridgehead atoms. The SMILES string of the molecule is CCC1C(=O)NCCN1C(=O)C=Cc1ccc(Cl)c(C(F)(F)F)c1. The summed E-state index contributed by atoms with van der Waals surface area (Å²) in [5.41, 5.74) is -0.753. The molecule has 1 N–H and O–H groups in total. The number of nitrogens with one attached hydrogen (secondary N) is 1. The number of alkyl halides is 3. The van der Waals surface area contributed by atoms with Crippen LogP contribution in [0.5, 0.6) is 0 Å². The van der Waals surface area contributed by atoms with Crippen molar-refractivity contribution in [1.29, 1.82) is 0 Å². The molecule has 1 aromatic rings. The highest BCUT2D eigenvalue weighted by molar-refractivity contribution is 6.31. The summed E-state index contributed by atoms with van der Waals surface area (Å²) in [6.07, 6.45) is -1.65. The number of halogens is 4. The van der Waals surface area contributed by atoms with Crippen molar-refractivity contribution in [3.05, 3.63) is 40.4 Å². The Labute approximate surface area is 142 Å². The lowest BCUT2D eigenvalue weighted by Gasteiger charge is -2.33. The number of hydrogen-bond donors (Lipinski definition) is 1. The molecule has 0 aromatic heterocycles. The molecule has 0 aliphatic carbocycles. The van der Waals surface area contributed by atoms with Crippen LogP contribution in [-0.4, -0.2) is 35.8 Å². The van der Waals surface area contributed by atoms with Crippen LogP contribution in [0.3, 0.4) is 0 Å². The molecule has 1 aromatic carbocycles. The highest BCUT2D eigenvalue weighted by atomic mass is 35.5. The molecule has 1 aliphatic rings. The summed E-state index contributed by atoms with van der Waals surface area (Å²) in [7, 11) is 0. The number of carbonyl (C=O) groups excluding carboxylic acids is 2. The normalized spacial score (nSPS) is 18.8. The Kier molecular flexibility index (Phi) is 5.54. The quantitative estimate of drug-likeness (QED) is 0.842. The molecular weight excluding hydrogens is 345 g/mol. The first-order valence-electron chi connectivity index (χ1n) is 7.37. The Hall–Kier alpha value is -2.02. The van der Waals surface area contributed by atoms with Gasteiger partial charge in [0.25, 0.3) is 0 Å². The fourth-order valence-corrected chi connectivity index (χ4v) is 2.74. The zero-order valence-electron chi connectivity index (χ0n) is 12.9. The Bertz CT molecular complexity index is 674. The number of rotatable bonds is 3. The van der Waals surface area contributed by atoms with Gasteiger partial charge in [-0.3, -0.25) is 9.59 Å². The number of nitrogens with zero attached hydrogens (tertiary/aromatic N) is 1. The third-order valence-corrected chi connectivity index (χ3v) is 4.04. The molecule has 4 nitrogen and oxygen atoms in total. The minimum absolute atomic E-state index is 0.203. The molecule has 8 heteroatoms. The molecule has 1 atom stereocenters. The largest absolute Gasteiger partial charge is 0.417 e. The van der Waals surface area contributed by atoms with E-state index in [2.05, 4.69) is 5.32 Å². The van der Waals surface area contributed by atoms with Gasteiger partial charge in [-0.2, -0.15) is 13.2 Å². The number of benzene rings is 1. The fraction of sp³-hybridized carbons (Fsp3) is 0.375. The minimum atomic E-state index is -4.57. The van der Waals surface area contributed by atoms with Crippen molar-refractivity contribution in [2.45, 2.75) is 25.6 Å². The highest BCUT2D eigenvalue weighted by Gasteiger charge is 2.33. The van der Waals surface area contributed by atoms with Gasteiger partial charge in [0, 0.05) is 19.2 Å². The Balaban J connectivity index is 2.18. The van der Waals surface area contributed by atoms with Crippen molar-refractivity contribution in [3.63, 3.8) is 0 Å². The van der Waals surface area contributed by atoms with Gasteiger partial charge in [-0.1, -0.05) is 24.6 Å². The van der Waals surface area contributed by atoms with Crippen molar-refractivity contribution < 1.29 is 22.8 Å². The zero-order valence-corrected chi connectivity index (χ0v) is 13.6. The minimum Gasteiger partial charge on any atom is -0.353 e. The average Bonchev–Trinajstić information content (AvgIpc) is 2.52. The zero-order chi connectivity index (χ0) is 17.9. The monoisotopic (exact) mass is 360 g/mol. The summed E-state index contributed by atoms with van der Waals surface area (Å²) in [6, 6.07) is 2.85. The molecule has 1 aliphatic heterocycles. The van der Waals surface area contributed by atoms with Gasteiger partial charge in [0.2, 0.25) is 11.8 Å². The third-order valence-electron chi connectivity index (χ3n) is 3.71. The molecule has 0 spiro atoms. The van der Waals surface area contributed by atoms with E-state index in [1.807, 2.05) is 0 Å². The van der Waals surface area contributed by atoms with Gasteiger partial charge in [-0.05, 0) is 30.2 Å². The summed E-state index contributed by atoms with van der Waals surface area (Å²) in [5, 5.41) is 2.28. The summed E-state index contributed by atoms with van der Waals surface area (Å²) in [6.45, 7) is 2.50. The van der Waals surface area contributed by atoms with Crippen LogP contribution < -0.4 is 5.32 Å². The lowest BCUT2D eigenvalue weighted by atomic mass is 10.1. The molecule has 1 heterocycles. The maximum Gasteiger partial charge on any atom is 0.417 e. The van der Waals surface area contributed by atoms with E-state index >= 15 is 0 Å². The number of hydrogen-bond acceptors (Lipinski definition) is 2. The van der Waals surface area contributed by atoms with Gasteiger partial charge in [0.05, 0.1) is 10.6 Å². The fourth-order valence-electron chi connectivity index (χ4n) is 2.51. The molecule has 2 amide bonds. The first kappa shape index (κ1) is 18.3. The van der Waals surface area contributed by atoms with Crippen LogP contribution in [-0.2, 0) is 15.8 Å². The van der Waals surface area contributed by atoms with E-state index in [4.69, 9.17) is 11.6 Å². The Morgan fingerprint density at radius 3 is 2.79 bits per heavy atom. The lowest BCUT2D eigenvalue weighted by Crippen LogP contribution is -2.56. The van der Waals surface area contributed by atoms with Crippen molar-refractivity contribution >= 4 is 29.5 Å². The molecule has 24 heavy (non-hydrogen) atoms. The average molecular weight is 361 g/mol. The van der Waals surface area contributed by atoms with Crippen molar-refractivity contribution in [2.75, 3.05) is 13.1 Å². The van der Waals surface area contributed by atoms with Crippen molar-refractivity contribution in [3.8, 4) is 0 Å². The van der Waals surface area contributed by atoms with E-state index in [-0.39, 0.29) is 11.5 Å². The maximum atomic E-state index is 12.8. The Morgan fingerprint density at radius 2 is 2.17 bits per heavy atom. The summed E-state index contributed by atoms with van der Waals surface area (Å²) in [4.78, 5) is 25.4. The summed E-state index contributed by atoms with van der Waals surface area (Å²) in [5.74, 6) is -0.642. The van der Waals surface area contributed by atoms with Gasteiger partial charge in [-0.15, -0.1) is 0 Å². The second kappa shape index (κ2) is 7.25. The molecule has 130 valence electrons.